The van der Waals surface area contributed by atoms with Crippen LogP contribution in [0, 0.1) is 11.3 Å². The first-order valence-electron chi connectivity index (χ1n) is 7.96. The fraction of sp³-hybridized carbons (Fsp3) is 0.278. The van der Waals surface area contributed by atoms with Crippen molar-refractivity contribution in [3.63, 3.8) is 0 Å². The number of fused-ring (bicyclic) bond motifs is 1. The average Bonchev–Trinajstić information content (AvgIpc) is 2.89. The van der Waals surface area contributed by atoms with Gasteiger partial charge in [0.25, 0.3) is 0 Å². The summed E-state index contributed by atoms with van der Waals surface area (Å²) >= 11 is 4.63. The van der Waals surface area contributed by atoms with Crippen LogP contribution in [0.5, 0.6) is 0 Å². The molecule has 0 bridgehead atoms. The van der Waals surface area contributed by atoms with Crippen molar-refractivity contribution in [1.29, 1.82) is 5.26 Å². The fourth-order valence-electron chi connectivity index (χ4n) is 2.84. The summed E-state index contributed by atoms with van der Waals surface area (Å²) in [5.74, 6) is -0.136. The molecule has 2 N–H and O–H groups in total. The predicted octanol–water partition coefficient (Wildman–Crippen LogP) is 3.79. The van der Waals surface area contributed by atoms with Crippen LogP contribution in [0.3, 0.4) is 0 Å². The molecule has 0 saturated heterocycles. The highest BCUT2D eigenvalue weighted by Gasteiger charge is 2.42. The van der Waals surface area contributed by atoms with Crippen molar-refractivity contribution in [3.05, 3.63) is 56.3 Å². The number of carbonyl (C=O) groups is 1. The van der Waals surface area contributed by atoms with E-state index >= 15 is 0 Å². The number of rotatable bonds is 3. The molecule has 1 aromatic rings. The standard InChI is InChI=1S/C18H17BrN4O2S/c1-9(2)25-17(24)14-10(3)22-18-23(16(21)13(8-20)26-18)15(14)11-4-6-12(19)7-5-11/h4-7,9,15H,21H2,1-3H3/t15-/m0/s1. The van der Waals surface area contributed by atoms with E-state index in [1.54, 1.807) is 25.7 Å². The Morgan fingerprint density at radius 2 is 2.08 bits per heavy atom. The molecule has 8 heteroatoms. The van der Waals surface area contributed by atoms with E-state index in [-0.39, 0.29) is 6.10 Å². The zero-order valence-electron chi connectivity index (χ0n) is 14.5. The molecular formula is C18H17BrN4O2S. The molecule has 2 aliphatic heterocycles. The van der Waals surface area contributed by atoms with Gasteiger partial charge in [-0.2, -0.15) is 5.26 Å². The van der Waals surface area contributed by atoms with Crippen molar-refractivity contribution in [2.45, 2.75) is 32.9 Å². The summed E-state index contributed by atoms with van der Waals surface area (Å²) in [4.78, 5) is 19.4. The van der Waals surface area contributed by atoms with Crippen molar-refractivity contribution >= 4 is 38.8 Å². The van der Waals surface area contributed by atoms with Crippen LogP contribution in [-0.4, -0.2) is 22.1 Å². The molecule has 0 saturated carbocycles. The lowest BCUT2D eigenvalue weighted by Crippen LogP contribution is -2.39. The summed E-state index contributed by atoms with van der Waals surface area (Å²) < 4.78 is 6.37. The molecule has 2 aliphatic rings. The van der Waals surface area contributed by atoms with E-state index in [4.69, 9.17) is 10.5 Å². The van der Waals surface area contributed by atoms with Crippen LogP contribution in [0.2, 0.25) is 0 Å². The fourth-order valence-corrected chi connectivity index (χ4v) is 4.02. The highest BCUT2D eigenvalue weighted by molar-refractivity contribution is 9.10. The Bertz CT molecular complexity index is 897. The lowest BCUT2D eigenvalue weighted by atomic mass is 9.94. The SMILES string of the molecule is CC1=C(C(=O)OC(C)C)[C@H](c2ccc(Br)cc2)N2C(=N1)SC(C#N)=C2N. The third kappa shape index (κ3) is 3.24. The molecule has 1 atom stereocenters. The van der Waals surface area contributed by atoms with Crippen LogP contribution in [0.25, 0.3) is 0 Å². The number of carbonyl (C=O) groups excluding carboxylic acids is 1. The minimum atomic E-state index is -0.500. The quantitative estimate of drug-likeness (QED) is 0.730. The minimum absolute atomic E-state index is 0.255. The molecule has 0 radical (unpaired) electrons. The second-order valence-electron chi connectivity index (χ2n) is 6.10. The second-order valence-corrected chi connectivity index (χ2v) is 7.99. The monoisotopic (exact) mass is 432 g/mol. The summed E-state index contributed by atoms with van der Waals surface area (Å²) in [5.41, 5.74) is 8.06. The first-order chi connectivity index (χ1) is 12.3. The average molecular weight is 433 g/mol. The highest BCUT2D eigenvalue weighted by Crippen LogP contribution is 2.45. The van der Waals surface area contributed by atoms with Gasteiger partial charge in [-0.15, -0.1) is 0 Å². The van der Waals surface area contributed by atoms with Gasteiger partial charge in [-0.1, -0.05) is 28.1 Å². The number of nitriles is 1. The van der Waals surface area contributed by atoms with E-state index in [0.717, 1.165) is 10.0 Å². The van der Waals surface area contributed by atoms with Gasteiger partial charge >= 0.3 is 5.97 Å². The molecule has 1 aromatic carbocycles. The van der Waals surface area contributed by atoms with E-state index in [0.29, 0.717) is 27.2 Å². The van der Waals surface area contributed by atoms with Gasteiger partial charge < -0.3 is 10.5 Å². The van der Waals surface area contributed by atoms with Crippen LogP contribution >= 0.6 is 27.7 Å². The van der Waals surface area contributed by atoms with Crippen LogP contribution in [-0.2, 0) is 9.53 Å². The van der Waals surface area contributed by atoms with E-state index in [1.165, 1.54) is 11.8 Å². The Balaban J connectivity index is 2.16. The summed E-state index contributed by atoms with van der Waals surface area (Å²) in [6.07, 6.45) is -0.255. The van der Waals surface area contributed by atoms with E-state index in [2.05, 4.69) is 27.0 Å². The number of ether oxygens (including phenoxy) is 1. The van der Waals surface area contributed by atoms with Crippen molar-refractivity contribution in [2.24, 2.45) is 10.7 Å². The number of hydrogen-bond donors (Lipinski definition) is 1. The van der Waals surface area contributed by atoms with Gasteiger partial charge in [0, 0.05) is 4.47 Å². The first kappa shape index (κ1) is 18.5. The van der Waals surface area contributed by atoms with Crippen molar-refractivity contribution < 1.29 is 9.53 Å². The Hall–Kier alpha value is -2.24. The maximum Gasteiger partial charge on any atom is 0.338 e. The van der Waals surface area contributed by atoms with Gasteiger partial charge in [0.1, 0.15) is 16.8 Å². The summed E-state index contributed by atoms with van der Waals surface area (Å²) in [6, 6.07) is 9.22. The van der Waals surface area contributed by atoms with Crippen molar-refractivity contribution in [3.8, 4) is 6.07 Å². The van der Waals surface area contributed by atoms with E-state index in [9.17, 15) is 10.1 Å². The molecule has 0 amide bonds. The minimum Gasteiger partial charge on any atom is -0.459 e. The van der Waals surface area contributed by atoms with Gasteiger partial charge in [-0.05, 0) is 50.2 Å². The molecule has 0 unspecified atom stereocenters. The lowest BCUT2D eigenvalue weighted by Gasteiger charge is -2.35. The first-order valence-corrected chi connectivity index (χ1v) is 9.57. The Labute approximate surface area is 164 Å². The molecule has 6 nitrogen and oxygen atoms in total. The van der Waals surface area contributed by atoms with Gasteiger partial charge in [0.2, 0.25) is 0 Å². The molecule has 134 valence electrons. The predicted molar refractivity (Wildman–Crippen MR) is 105 cm³/mol. The van der Waals surface area contributed by atoms with Crippen molar-refractivity contribution in [1.82, 2.24) is 4.90 Å². The molecule has 0 fully saturated rings. The number of esters is 1. The summed E-state index contributed by atoms with van der Waals surface area (Å²) in [7, 11) is 0. The molecular weight excluding hydrogens is 416 g/mol. The highest BCUT2D eigenvalue weighted by atomic mass is 79.9. The Morgan fingerprint density at radius 1 is 1.42 bits per heavy atom. The van der Waals surface area contributed by atoms with Crippen molar-refractivity contribution in [2.75, 3.05) is 0 Å². The molecule has 2 heterocycles. The van der Waals surface area contributed by atoms with Gasteiger partial charge in [-0.25, -0.2) is 9.79 Å². The second kappa shape index (κ2) is 7.17. The van der Waals surface area contributed by atoms with Gasteiger partial charge in [0.15, 0.2) is 5.17 Å². The molecule has 0 aromatic heterocycles. The molecule has 0 spiro atoms. The van der Waals surface area contributed by atoms with Crippen LogP contribution in [0.1, 0.15) is 32.4 Å². The number of thioether (sulfide) groups is 1. The Morgan fingerprint density at radius 3 is 2.65 bits per heavy atom. The largest absolute Gasteiger partial charge is 0.459 e. The maximum absolute atomic E-state index is 12.8. The number of benzene rings is 1. The van der Waals surface area contributed by atoms with Gasteiger partial charge in [-0.3, -0.25) is 4.90 Å². The number of allylic oxidation sites excluding steroid dienone is 2. The zero-order chi connectivity index (χ0) is 19.0. The summed E-state index contributed by atoms with van der Waals surface area (Å²) in [5, 5.41) is 9.92. The normalized spacial score (nSPS) is 19.5. The Kier molecular flexibility index (Phi) is 5.12. The van der Waals surface area contributed by atoms with Crippen LogP contribution in [0.4, 0.5) is 0 Å². The number of nitrogens with zero attached hydrogens (tertiary/aromatic N) is 3. The smallest absolute Gasteiger partial charge is 0.338 e. The number of amidine groups is 1. The van der Waals surface area contributed by atoms with Gasteiger partial charge in [0.05, 0.1) is 23.4 Å². The molecule has 3 rings (SSSR count). The lowest BCUT2D eigenvalue weighted by molar-refractivity contribution is -0.143. The number of aliphatic imine (C=N–C) groups is 1. The number of hydrogen-bond acceptors (Lipinski definition) is 7. The van der Waals surface area contributed by atoms with Crippen LogP contribution < -0.4 is 5.73 Å². The topological polar surface area (TPSA) is 91.7 Å². The summed E-state index contributed by atoms with van der Waals surface area (Å²) in [6.45, 7) is 5.37. The van der Waals surface area contributed by atoms with Crippen LogP contribution in [0.15, 0.2) is 55.7 Å². The molecule has 0 aliphatic carbocycles. The number of nitrogens with two attached hydrogens (primary N) is 1. The number of halogens is 1. The third-order valence-electron chi connectivity index (χ3n) is 3.93. The van der Waals surface area contributed by atoms with E-state index < -0.39 is 12.0 Å². The van der Waals surface area contributed by atoms with E-state index in [1.807, 2.05) is 24.3 Å². The third-order valence-corrected chi connectivity index (χ3v) is 5.43. The maximum atomic E-state index is 12.8. The molecule has 26 heavy (non-hydrogen) atoms. The zero-order valence-corrected chi connectivity index (χ0v) is 16.9.